The first-order valence-electron chi connectivity index (χ1n) is 11.2. The molecule has 1 atom stereocenters. The lowest BCUT2D eigenvalue weighted by Crippen LogP contribution is -2.52. The third-order valence-corrected chi connectivity index (χ3v) is 6.01. The van der Waals surface area contributed by atoms with Crippen LogP contribution >= 0.6 is 11.6 Å². The van der Waals surface area contributed by atoms with Gasteiger partial charge in [0.25, 0.3) is 5.91 Å². The molecule has 0 spiro atoms. The fraction of sp³-hybridized carbons (Fsp3) is 0.400. The topological polar surface area (TPSA) is 81.8 Å². The molecule has 1 heterocycles. The van der Waals surface area contributed by atoms with Crippen LogP contribution in [0.25, 0.3) is 0 Å². The standard InChI is InChI=1S/C25H31ClN4O3/c1-17(2)22(28-23(31)21-11-5-4-8-18(21)3)24(32)29-12-7-13-30(15-14-29)25(33)27-20-10-6-9-19(26)16-20/h4-6,8-11,16-17,22H,7,12-15H2,1-3H3,(H,27,33)(H,28,31). The minimum absolute atomic E-state index is 0.0732. The number of nitrogens with zero attached hydrogens (tertiary/aromatic N) is 2. The molecule has 176 valence electrons. The summed E-state index contributed by atoms with van der Waals surface area (Å²) in [6.45, 7) is 7.60. The molecule has 2 N–H and O–H groups in total. The molecule has 4 amide bonds. The molecular weight excluding hydrogens is 440 g/mol. The van der Waals surface area contributed by atoms with E-state index in [1.165, 1.54) is 0 Å². The number of halogens is 1. The number of anilines is 1. The summed E-state index contributed by atoms with van der Waals surface area (Å²) in [5, 5.41) is 6.33. The summed E-state index contributed by atoms with van der Waals surface area (Å²) in [7, 11) is 0. The number of aryl methyl sites for hydroxylation is 1. The minimum Gasteiger partial charge on any atom is -0.340 e. The normalized spacial score (nSPS) is 15.1. The molecule has 7 nitrogen and oxygen atoms in total. The monoisotopic (exact) mass is 470 g/mol. The van der Waals surface area contributed by atoms with E-state index in [-0.39, 0.29) is 23.8 Å². The van der Waals surface area contributed by atoms with E-state index in [9.17, 15) is 14.4 Å². The fourth-order valence-electron chi connectivity index (χ4n) is 3.87. The Morgan fingerprint density at radius 3 is 2.33 bits per heavy atom. The van der Waals surface area contributed by atoms with E-state index >= 15 is 0 Å². The van der Waals surface area contributed by atoms with E-state index in [1.54, 1.807) is 40.1 Å². The molecule has 1 fully saturated rings. The Morgan fingerprint density at radius 2 is 1.64 bits per heavy atom. The van der Waals surface area contributed by atoms with Gasteiger partial charge in [-0.1, -0.05) is 49.7 Å². The molecule has 0 aliphatic carbocycles. The van der Waals surface area contributed by atoms with Gasteiger partial charge in [0.2, 0.25) is 5.91 Å². The van der Waals surface area contributed by atoms with Gasteiger partial charge in [-0.05, 0) is 49.1 Å². The number of benzene rings is 2. The van der Waals surface area contributed by atoms with Gasteiger partial charge in [-0.2, -0.15) is 0 Å². The van der Waals surface area contributed by atoms with Gasteiger partial charge in [0.05, 0.1) is 0 Å². The van der Waals surface area contributed by atoms with Crippen molar-refractivity contribution in [3.8, 4) is 0 Å². The van der Waals surface area contributed by atoms with Crippen LogP contribution in [0, 0.1) is 12.8 Å². The smallest absolute Gasteiger partial charge is 0.321 e. The van der Waals surface area contributed by atoms with Gasteiger partial charge in [-0.3, -0.25) is 9.59 Å². The highest BCUT2D eigenvalue weighted by Crippen LogP contribution is 2.17. The van der Waals surface area contributed by atoms with Crippen molar-refractivity contribution in [1.29, 1.82) is 0 Å². The van der Waals surface area contributed by atoms with E-state index in [2.05, 4.69) is 10.6 Å². The molecule has 0 bridgehead atoms. The van der Waals surface area contributed by atoms with Crippen LogP contribution in [0.15, 0.2) is 48.5 Å². The maximum atomic E-state index is 13.3. The Hall–Kier alpha value is -3.06. The number of carbonyl (C=O) groups is 3. The van der Waals surface area contributed by atoms with E-state index < -0.39 is 6.04 Å². The zero-order valence-electron chi connectivity index (χ0n) is 19.3. The zero-order chi connectivity index (χ0) is 24.0. The molecule has 0 radical (unpaired) electrons. The second-order valence-electron chi connectivity index (χ2n) is 8.62. The second kappa shape index (κ2) is 11.2. The first kappa shape index (κ1) is 24.6. The van der Waals surface area contributed by atoms with Crippen molar-refractivity contribution in [3.63, 3.8) is 0 Å². The van der Waals surface area contributed by atoms with Gasteiger partial charge in [-0.15, -0.1) is 0 Å². The molecule has 2 aromatic rings. The highest BCUT2D eigenvalue weighted by atomic mass is 35.5. The van der Waals surface area contributed by atoms with Crippen molar-refractivity contribution in [1.82, 2.24) is 15.1 Å². The maximum Gasteiger partial charge on any atom is 0.321 e. The van der Waals surface area contributed by atoms with E-state index in [1.807, 2.05) is 39.0 Å². The lowest BCUT2D eigenvalue weighted by molar-refractivity contribution is -0.134. The van der Waals surface area contributed by atoms with Gasteiger partial charge in [-0.25, -0.2) is 4.79 Å². The van der Waals surface area contributed by atoms with Gasteiger partial charge in [0.1, 0.15) is 6.04 Å². The third kappa shape index (κ3) is 6.48. The van der Waals surface area contributed by atoms with Gasteiger partial charge in [0, 0.05) is 42.5 Å². The minimum atomic E-state index is -0.635. The molecule has 3 rings (SSSR count). The number of hydrogen-bond acceptors (Lipinski definition) is 3. The van der Waals surface area contributed by atoms with Gasteiger partial charge in [0.15, 0.2) is 0 Å². The fourth-order valence-corrected chi connectivity index (χ4v) is 4.06. The molecule has 0 aromatic heterocycles. The number of amides is 4. The molecule has 33 heavy (non-hydrogen) atoms. The Labute approximate surface area is 200 Å². The van der Waals surface area contributed by atoms with Gasteiger partial charge >= 0.3 is 6.03 Å². The summed E-state index contributed by atoms with van der Waals surface area (Å²) in [6, 6.07) is 13.5. The summed E-state index contributed by atoms with van der Waals surface area (Å²) in [5.74, 6) is -0.447. The second-order valence-corrected chi connectivity index (χ2v) is 9.05. The first-order chi connectivity index (χ1) is 15.8. The number of carbonyl (C=O) groups excluding carboxylic acids is 3. The number of hydrogen-bond donors (Lipinski definition) is 2. The van der Waals surface area contributed by atoms with Crippen LogP contribution < -0.4 is 10.6 Å². The SMILES string of the molecule is Cc1ccccc1C(=O)NC(C(=O)N1CCCN(C(=O)Nc2cccc(Cl)c2)CC1)C(C)C. The molecule has 1 unspecified atom stereocenters. The van der Waals surface area contributed by atoms with Crippen molar-refractivity contribution < 1.29 is 14.4 Å². The van der Waals surface area contributed by atoms with Gasteiger partial charge < -0.3 is 20.4 Å². The Balaban J connectivity index is 1.62. The molecule has 2 aromatic carbocycles. The van der Waals surface area contributed by atoms with Crippen molar-refractivity contribution in [2.75, 3.05) is 31.5 Å². The Bertz CT molecular complexity index is 1010. The average molecular weight is 471 g/mol. The third-order valence-electron chi connectivity index (χ3n) is 5.78. The van der Waals surface area contributed by atoms with Crippen LogP contribution in [0.4, 0.5) is 10.5 Å². The Kier molecular flexibility index (Phi) is 8.33. The van der Waals surface area contributed by atoms with Crippen molar-refractivity contribution in [2.45, 2.75) is 33.2 Å². The molecule has 1 aliphatic rings. The largest absolute Gasteiger partial charge is 0.340 e. The van der Waals surface area contributed by atoms with Crippen LogP contribution in [-0.4, -0.2) is 59.9 Å². The molecule has 1 aliphatic heterocycles. The van der Waals surface area contributed by atoms with E-state index in [0.29, 0.717) is 48.9 Å². The van der Waals surface area contributed by atoms with Crippen LogP contribution in [-0.2, 0) is 4.79 Å². The highest BCUT2D eigenvalue weighted by molar-refractivity contribution is 6.30. The van der Waals surface area contributed by atoms with E-state index in [0.717, 1.165) is 5.56 Å². The molecule has 1 saturated heterocycles. The lowest BCUT2D eigenvalue weighted by atomic mass is 10.0. The summed E-state index contributed by atoms with van der Waals surface area (Å²) in [6.07, 6.45) is 0.658. The van der Waals surface area contributed by atoms with Crippen LogP contribution in [0.3, 0.4) is 0 Å². The zero-order valence-corrected chi connectivity index (χ0v) is 20.1. The molecular formula is C25H31ClN4O3. The Morgan fingerprint density at radius 1 is 0.939 bits per heavy atom. The predicted octanol–water partition coefficient (Wildman–Crippen LogP) is 4.17. The quantitative estimate of drug-likeness (QED) is 0.688. The lowest BCUT2D eigenvalue weighted by Gasteiger charge is -2.29. The van der Waals surface area contributed by atoms with Crippen LogP contribution in [0.1, 0.15) is 36.2 Å². The average Bonchev–Trinajstić information content (AvgIpc) is 3.03. The summed E-state index contributed by atoms with van der Waals surface area (Å²) >= 11 is 5.99. The highest BCUT2D eigenvalue weighted by Gasteiger charge is 2.31. The van der Waals surface area contributed by atoms with Crippen LogP contribution in [0.5, 0.6) is 0 Å². The maximum absolute atomic E-state index is 13.3. The number of rotatable bonds is 5. The number of urea groups is 1. The summed E-state index contributed by atoms with van der Waals surface area (Å²) < 4.78 is 0. The van der Waals surface area contributed by atoms with Crippen LogP contribution in [0.2, 0.25) is 5.02 Å². The van der Waals surface area contributed by atoms with Crippen molar-refractivity contribution in [2.24, 2.45) is 5.92 Å². The summed E-state index contributed by atoms with van der Waals surface area (Å²) in [4.78, 5) is 42.3. The van der Waals surface area contributed by atoms with Crippen molar-refractivity contribution in [3.05, 3.63) is 64.7 Å². The first-order valence-corrected chi connectivity index (χ1v) is 11.6. The summed E-state index contributed by atoms with van der Waals surface area (Å²) in [5.41, 5.74) is 2.06. The predicted molar refractivity (Wildman–Crippen MR) is 131 cm³/mol. The molecule has 8 heteroatoms. The van der Waals surface area contributed by atoms with Crippen molar-refractivity contribution >= 4 is 35.1 Å². The molecule has 0 saturated carbocycles. The van der Waals surface area contributed by atoms with E-state index in [4.69, 9.17) is 11.6 Å². The number of nitrogens with one attached hydrogen (secondary N) is 2.